The number of anilines is 1. The molecule has 0 bridgehead atoms. The molecule has 33 heavy (non-hydrogen) atoms. The van der Waals surface area contributed by atoms with Gasteiger partial charge >= 0.3 is 0 Å². The molecule has 2 aromatic heterocycles. The molecule has 0 unspecified atom stereocenters. The molecule has 10 heteroatoms. The number of hydrogen-bond donors (Lipinski definition) is 2. The van der Waals surface area contributed by atoms with Crippen LogP contribution in [-0.4, -0.2) is 34.9 Å². The van der Waals surface area contributed by atoms with Gasteiger partial charge in [0, 0.05) is 18.2 Å². The number of fused-ring (bicyclic) bond motifs is 1. The first-order chi connectivity index (χ1) is 15.8. The topological polar surface area (TPSA) is 105 Å². The molecule has 0 saturated heterocycles. The summed E-state index contributed by atoms with van der Waals surface area (Å²) < 4.78 is 55.2. The molecule has 0 aliphatic rings. The Kier molecular flexibility index (Phi) is 6.19. The molecule has 0 atom stereocenters. The zero-order valence-electron chi connectivity index (χ0n) is 17.6. The van der Waals surface area contributed by atoms with Crippen LogP contribution >= 0.6 is 0 Å². The number of H-pyrrole nitrogens is 1. The number of aromatic amines is 1. The van der Waals surface area contributed by atoms with Crippen LogP contribution in [0.4, 0.5) is 14.5 Å². The van der Waals surface area contributed by atoms with E-state index in [0.717, 1.165) is 17.7 Å². The lowest BCUT2D eigenvalue weighted by atomic mass is 10.0. The number of ketones is 1. The minimum absolute atomic E-state index is 0.228. The highest BCUT2D eigenvalue weighted by molar-refractivity contribution is 7.92. The smallest absolute Gasteiger partial charge is 0.232 e. The lowest BCUT2D eigenvalue weighted by Crippen LogP contribution is -2.19. The van der Waals surface area contributed by atoms with Crippen LogP contribution in [0.2, 0.25) is 0 Å². The first-order valence-electron chi connectivity index (χ1n) is 10.2. The van der Waals surface area contributed by atoms with Crippen molar-refractivity contribution in [3.05, 3.63) is 77.5 Å². The summed E-state index contributed by atoms with van der Waals surface area (Å²) in [6.07, 6.45) is 1.40. The molecule has 0 radical (unpaired) electrons. The van der Waals surface area contributed by atoms with Crippen molar-refractivity contribution < 1.29 is 22.0 Å². The van der Waals surface area contributed by atoms with Crippen molar-refractivity contribution in [2.75, 3.05) is 10.5 Å². The highest BCUT2D eigenvalue weighted by Gasteiger charge is 2.23. The van der Waals surface area contributed by atoms with E-state index in [9.17, 15) is 22.0 Å². The first-order valence-corrected chi connectivity index (χ1v) is 11.8. The summed E-state index contributed by atoms with van der Waals surface area (Å²) in [4.78, 5) is 24.5. The van der Waals surface area contributed by atoms with E-state index in [2.05, 4.69) is 19.7 Å². The molecule has 2 N–H and O–H groups in total. The van der Waals surface area contributed by atoms with Gasteiger partial charge in [-0.2, -0.15) is 0 Å². The predicted octanol–water partition coefficient (Wildman–Crippen LogP) is 4.48. The summed E-state index contributed by atoms with van der Waals surface area (Å²) in [6, 6.07) is 12.9. The van der Waals surface area contributed by atoms with E-state index in [0.29, 0.717) is 29.0 Å². The highest BCUT2D eigenvalue weighted by Crippen LogP contribution is 2.25. The monoisotopic (exact) mass is 470 g/mol. The van der Waals surface area contributed by atoms with Crippen molar-refractivity contribution in [1.82, 2.24) is 15.0 Å². The van der Waals surface area contributed by atoms with Crippen LogP contribution in [-0.2, 0) is 16.4 Å². The molecule has 170 valence electrons. The molecule has 0 aliphatic heterocycles. The first kappa shape index (κ1) is 22.5. The molecule has 4 aromatic rings. The summed E-state index contributed by atoms with van der Waals surface area (Å²) in [5.74, 6) is -2.79. The third-order valence-electron chi connectivity index (χ3n) is 4.91. The molecule has 0 fully saturated rings. The third kappa shape index (κ3) is 4.90. The summed E-state index contributed by atoms with van der Waals surface area (Å²) in [7, 11) is -3.81. The summed E-state index contributed by atoms with van der Waals surface area (Å²) in [5.41, 5.74) is 1.02. The van der Waals surface area contributed by atoms with E-state index >= 15 is 0 Å². The number of hydrogen-bond acceptors (Lipinski definition) is 5. The molecule has 2 aromatic carbocycles. The molecule has 4 rings (SSSR count). The minimum Gasteiger partial charge on any atom is -0.337 e. The maximum Gasteiger partial charge on any atom is 0.232 e. The van der Waals surface area contributed by atoms with Gasteiger partial charge in [0.2, 0.25) is 10.0 Å². The molecule has 0 aliphatic carbocycles. The van der Waals surface area contributed by atoms with Gasteiger partial charge in [0.1, 0.15) is 11.6 Å². The number of carbonyl (C=O) groups is 1. The van der Waals surface area contributed by atoms with Crippen molar-refractivity contribution in [2.45, 2.75) is 19.8 Å². The fourth-order valence-electron chi connectivity index (χ4n) is 3.42. The number of benzene rings is 2. The highest BCUT2D eigenvalue weighted by atomic mass is 32.2. The second-order valence-electron chi connectivity index (χ2n) is 7.47. The second kappa shape index (κ2) is 9.07. The van der Waals surface area contributed by atoms with Crippen LogP contribution in [0.3, 0.4) is 0 Å². The van der Waals surface area contributed by atoms with E-state index < -0.39 is 38.7 Å². The van der Waals surface area contributed by atoms with Crippen molar-refractivity contribution in [2.24, 2.45) is 0 Å². The van der Waals surface area contributed by atoms with Gasteiger partial charge in [0.05, 0.1) is 22.5 Å². The predicted molar refractivity (Wildman–Crippen MR) is 121 cm³/mol. The van der Waals surface area contributed by atoms with Crippen LogP contribution in [0.5, 0.6) is 0 Å². The Morgan fingerprint density at radius 1 is 1.12 bits per heavy atom. The SMILES string of the molecule is CCCS(=O)(=O)Nc1ccc(F)c(C(=O)Cc2cnc3nc(-c4ccccc4)[nH]c3c2)c1F. The number of nitrogens with zero attached hydrogens (tertiary/aromatic N) is 2. The number of carbonyl (C=O) groups excluding carboxylic acids is 1. The molecule has 0 saturated carbocycles. The van der Waals surface area contributed by atoms with Gasteiger partial charge in [0.15, 0.2) is 17.2 Å². The van der Waals surface area contributed by atoms with E-state index in [4.69, 9.17) is 0 Å². The number of aromatic nitrogens is 3. The van der Waals surface area contributed by atoms with Crippen LogP contribution in [0.15, 0.2) is 54.7 Å². The number of Topliss-reactive ketones (excluding diaryl/α,β-unsaturated/α-hetero) is 1. The number of sulfonamides is 1. The Bertz CT molecular complexity index is 1440. The van der Waals surface area contributed by atoms with E-state index in [-0.39, 0.29) is 12.2 Å². The van der Waals surface area contributed by atoms with Crippen LogP contribution in [0.25, 0.3) is 22.6 Å². The van der Waals surface area contributed by atoms with Gasteiger partial charge < -0.3 is 4.98 Å². The number of rotatable bonds is 8. The molecule has 7 nitrogen and oxygen atoms in total. The van der Waals surface area contributed by atoms with Gasteiger partial charge in [-0.1, -0.05) is 37.3 Å². The zero-order valence-corrected chi connectivity index (χ0v) is 18.4. The fourth-order valence-corrected chi connectivity index (χ4v) is 4.55. The fraction of sp³-hybridized carbons (Fsp3) is 0.174. The largest absolute Gasteiger partial charge is 0.337 e. The molecular weight excluding hydrogens is 450 g/mol. The van der Waals surface area contributed by atoms with E-state index in [1.807, 2.05) is 30.3 Å². The van der Waals surface area contributed by atoms with Gasteiger partial charge in [-0.3, -0.25) is 9.52 Å². The normalized spacial score (nSPS) is 11.6. The van der Waals surface area contributed by atoms with Gasteiger partial charge in [-0.05, 0) is 30.2 Å². The van der Waals surface area contributed by atoms with Crippen molar-refractivity contribution >= 4 is 32.7 Å². The lowest BCUT2D eigenvalue weighted by Gasteiger charge is -2.11. The Morgan fingerprint density at radius 2 is 1.88 bits per heavy atom. The van der Waals surface area contributed by atoms with Gasteiger partial charge in [0.25, 0.3) is 0 Å². The van der Waals surface area contributed by atoms with Crippen molar-refractivity contribution in [3.8, 4) is 11.4 Å². The Balaban J connectivity index is 1.61. The van der Waals surface area contributed by atoms with Crippen LogP contribution < -0.4 is 4.72 Å². The lowest BCUT2D eigenvalue weighted by molar-refractivity contribution is 0.0985. The molecular formula is C23H20F2N4O3S. The Labute approximate surface area is 189 Å². The average molecular weight is 471 g/mol. The van der Waals surface area contributed by atoms with Gasteiger partial charge in [-0.25, -0.2) is 27.2 Å². The summed E-state index contributed by atoms with van der Waals surface area (Å²) >= 11 is 0. The molecule has 0 amide bonds. The Hall–Kier alpha value is -3.66. The quantitative estimate of drug-likeness (QED) is 0.370. The minimum atomic E-state index is -3.81. The molecule has 2 heterocycles. The number of halogens is 2. The summed E-state index contributed by atoms with van der Waals surface area (Å²) in [6.45, 7) is 1.66. The number of imidazole rings is 1. The number of pyridine rings is 1. The van der Waals surface area contributed by atoms with E-state index in [1.54, 1.807) is 13.0 Å². The Morgan fingerprint density at radius 3 is 2.61 bits per heavy atom. The maximum absolute atomic E-state index is 14.9. The van der Waals surface area contributed by atoms with Gasteiger partial charge in [-0.15, -0.1) is 0 Å². The average Bonchev–Trinajstić information content (AvgIpc) is 3.20. The zero-order chi connectivity index (χ0) is 23.6. The second-order valence-corrected chi connectivity index (χ2v) is 9.31. The third-order valence-corrected chi connectivity index (χ3v) is 6.39. The van der Waals surface area contributed by atoms with Crippen molar-refractivity contribution in [1.29, 1.82) is 0 Å². The number of nitrogens with one attached hydrogen (secondary N) is 2. The van der Waals surface area contributed by atoms with Crippen molar-refractivity contribution in [3.63, 3.8) is 0 Å². The molecule has 0 spiro atoms. The summed E-state index contributed by atoms with van der Waals surface area (Å²) in [5, 5.41) is 0. The standard InChI is InChI=1S/C23H20F2N4O3S/c1-2-10-33(31,32)29-17-9-8-16(24)20(21(17)25)19(30)12-14-11-18-23(26-13-14)28-22(27-18)15-6-4-3-5-7-15/h3-9,11,13,29H,2,10,12H2,1H3,(H,26,27,28). The maximum atomic E-state index is 14.9. The van der Waals surface area contributed by atoms with E-state index in [1.165, 1.54) is 6.20 Å². The van der Waals surface area contributed by atoms with Crippen LogP contribution in [0.1, 0.15) is 29.3 Å². The van der Waals surface area contributed by atoms with Crippen LogP contribution in [0, 0.1) is 11.6 Å².